The molecule has 0 aromatic rings. The molecule has 108 valence electrons. The number of piperidine rings is 1. The Morgan fingerprint density at radius 1 is 1.39 bits per heavy atom. The number of hydrogen-bond donors (Lipinski definition) is 2. The number of amides is 1. The van der Waals surface area contributed by atoms with Crippen LogP contribution in [-0.2, 0) is 9.53 Å². The molecule has 1 rings (SSSR count). The van der Waals surface area contributed by atoms with E-state index in [1.54, 1.807) is 7.11 Å². The van der Waals surface area contributed by atoms with Crippen LogP contribution in [0.1, 0.15) is 39.0 Å². The molecule has 1 amide bonds. The molecule has 0 unspecified atom stereocenters. The SMILES string of the molecule is COCCCCCNC(=O)[C@H]1CCN[C@@H](C)C1.Cl. The minimum absolute atomic E-state index is 0. The lowest BCUT2D eigenvalue weighted by Crippen LogP contribution is -2.42. The van der Waals surface area contributed by atoms with Crippen molar-refractivity contribution in [3.05, 3.63) is 0 Å². The van der Waals surface area contributed by atoms with Crippen LogP contribution in [0.3, 0.4) is 0 Å². The van der Waals surface area contributed by atoms with Crippen LogP contribution < -0.4 is 10.6 Å². The summed E-state index contributed by atoms with van der Waals surface area (Å²) in [6.07, 6.45) is 5.19. The number of unbranched alkanes of at least 4 members (excludes halogenated alkanes) is 2. The minimum atomic E-state index is 0. The number of halogens is 1. The van der Waals surface area contributed by atoms with Gasteiger partial charge in [0, 0.05) is 32.2 Å². The fourth-order valence-corrected chi connectivity index (χ4v) is 2.27. The Balaban J connectivity index is 0.00000289. The van der Waals surface area contributed by atoms with Crippen molar-refractivity contribution in [2.24, 2.45) is 5.92 Å². The van der Waals surface area contributed by atoms with Gasteiger partial charge in [-0.1, -0.05) is 0 Å². The molecule has 2 N–H and O–H groups in total. The predicted molar refractivity (Wildman–Crippen MR) is 76.2 cm³/mol. The average molecular weight is 279 g/mol. The highest BCUT2D eigenvalue weighted by Crippen LogP contribution is 2.15. The van der Waals surface area contributed by atoms with Gasteiger partial charge in [-0.05, 0) is 45.6 Å². The maximum atomic E-state index is 11.9. The lowest BCUT2D eigenvalue weighted by atomic mass is 9.92. The van der Waals surface area contributed by atoms with Gasteiger partial charge in [-0.3, -0.25) is 4.79 Å². The molecule has 0 aliphatic carbocycles. The summed E-state index contributed by atoms with van der Waals surface area (Å²) in [5, 5.41) is 6.41. The summed E-state index contributed by atoms with van der Waals surface area (Å²) in [4.78, 5) is 11.9. The quantitative estimate of drug-likeness (QED) is 0.698. The number of methoxy groups -OCH3 is 1. The lowest BCUT2D eigenvalue weighted by Gasteiger charge is -2.27. The first kappa shape index (κ1) is 17.7. The van der Waals surface area contributed by atoms with Gasteiger partial charge in [0.05, 0.1) is 0 Å². The van der Waals surface area contributed by atoms with Crippen molar-refractivity contribution in [2.45, 2.75) is 45.1 Å². The molecular weight excluding hydrogens is 252 g/mol. The molecule has 1 aliphatic rings. The van der Waals surface area contributed by atoms with E-state index < -0.39 is 0 Å². The van der Waals surface area contributed by atoms with Gasteiger partial charge >= 0.3 is 0 Å². The van der Waals surface area contributed by atoms with Crippen molar-refractivity contribution in [1.29, 1.82) is 0 Å². The largest absolute Gasteiger partial charge is 0.385 e. The molecule has 4 nitrogen and oxygen atoms in total. The Kier molecular flexibility index (Phi) is 10.4. The number of nitrogens with one attached hydrogen (secondary N) is 2. The standard InChI is InChI=1S/C13H26N2O2.ClH/c1-11-10-12(6-8-14-11)13(16)15-7-4-3-5-9-17-2;/h11-12,14H,3-10H2,1-2H3,(H,15,16);1H/t11-,12-;/m0./s1. The van der Waals surface area contributed by atoms with Gasteiger partial charge in [-0.25, -0.2) is 0 Å². The molecule has 0 spiro atoms. The fourth-order valence-electron chi connectivity index (χ4n) is 2.27. The Morgan fingerprint density at radius 3 is 2.83 bits per heavy atom. The molecular formula is C13H27ClN2O2. The molecule has 0 saturated carbocycles. The van der Waals surface area contributed by atoms with Crippen LogP contribution in [0.15, 0.2) is 0 Å². The van der Waals surface area contributed by atoms with Crippen LogP contribution in [0.25, 0.3) is 0 Å². The summed E-state index contributed by atoms with van der Waals surface area (Å²) >= 11 is 0. The van der Waals surface area contributed by atoms with Gasteiger partial charge in [0.25, 0.3) is 0 Å². The molecule has 5 heteroatoms. The van der Waals surface area contributed by atoms with Gasteiger partial charge in [-0.15, -0.1) is 12.4 Å². The van der Waals surface area contributed by atoms with Gasteiger partial charge in [-0.2, -0.15) is 0 Å². The first-order chi connectivity index (χ1) is 8.24. The third kappa shape index (κ3) is 7.19. The van der Waals surface area contributed by atoms with Crippen molar-refractivity contribution < 1.29 is 9.53 Å². The topological polar surface area (TPSA) is 50.4 Å². The van der Waals surface area contributed by atoms with Gasteiger partial charge < -0.3 is 15.4 Å². The highest BCUT2D eigenvalue weighted by Gasteiger charge is 2.23. The second-order valence-electron chi connectivity index (χ2n) is 4.92. The molecule has 1 fully saturated rings. The molecule has 1 heterocycles. The summed E-state index contributed by atoms with van der Waals surface area (Å²) in [6, 6.07) is 0.473. The summed E-state index contributed by atoms with van der Waals surface area (Å²) in [7, 11) is 1.72. The van der Waals surface area contributed by atoms with E-state index in [9.17, 15) is 4.79 Å². The molecule has 1 saturated heterocycles. The monoisotopic (exact) mass is 278 g/mol. The van der Waals surface area contributed by atoms with Gasteiger partial charge in [0.15, 0.2) is 0 Å². The van der Waals surface area contributed by atoms with Crippen LogP contribution >= 0.6 is 12.4 Å². The zero-order valence-corrected chi connectivity index (χ0v) is 12.4. The van der Waals surface area contributed by atoms with E-state index in [1.165, 1.54) is 0 Å². The summed E-state index contributed by atoms with van der Waals surface area (Å²) in [5.41, 5.74) is 0. The van der Waals surface area contributed by atoms with Crippen LogP contribution in [0.5, 0.6) is 0 Å². The van der Waals surface area contributed by atoms with Crippen molar-refractivity contribution in [1.82, 2.24) is 10.6 Å². The van der Waals surface area contributed by atoms with Crippen molar-refractivity contribution >= 4 is 18.3 Å². The minimum Gasteiger partial charge on any atom is -0.385 e. The number of carbonyl (C=O) groups excluding carboxylic acids is 1. The zero-order valence-electron chi connectivity index (χ0n) is 11.5. The van der Waals surface area contributed by atoms with Crippen molar-refractivity contribution in [3.8, 4) is 0 Å². The molecule has 18 heavy (non-hydrogen) atoms. The summed E-state index contributed by atoms with van der Waals surface area (Å²) < 4.78 is 4.98. The normalized spacial score (nSPS) is 23.2. The third-order valence-electron chi connectivity index (χ3n) is 3.32. The van der Waals surface area contributed by atoms with Gasteiger partial charge in [0.2, 0.25) is 5.91 Å². The molecule has 0 radical (unpaired) electrons. The Labute approximate surface area is 117 Å². The number of hydrogen-bond acceptors (Lipinski definition) is 3. The maximum absolute atomic E-state index is 11.9. The highest BCUT2D eigenvalue weighted by atomic mass is 35.5. The molecule has 2 atom stereocenters. The van der Waals surface area contributed by atoms with Crippen LogP contribution in [0, 0.1) is 5.92 Å². The third-order valence-corrected chi connectivity index (χ3v) is 3.32. The Morgan fingerprint density at radius 2 is 2.17 bits per heavy atom. The smallest absolute Gasteiger partial charge is 0.223 e. The first-order valence-corrected chi connectivity index (χ1v) is 6.74. The lowest BCUT2D eigenvalue weighted by molar-refractivity contribution is -0.126. The Bertz CT molecular complexity index is 227. The molecule has 0 aromatic heterocycles. The van der Waals surface area contributed by atoms with E-state index in [2.05, 4.69) is 17.6 Å². The van der Waals surface area contributed by atoms with Crippen LogP contribution in [0.2, 0.25) is 0 Å². The van der Waals surface area contributed by atoms with Crippen LogP contribution in [-0.4, -0.2) is 38.8 Å². The van der Waals surface area contributed by atoms with Crippen LogP contribution in [0.4, 0.5) is 0 Å². The van der Waals surface area contributed by atoms with E-state index in [0.29, 0.717) is 6.04 Å². The molecule has 1 aliphatic heterocycles. The first-order valence-electron chi connectivity index (χ1n) is 6.74. The average Bonchev–Trinajstić information content (AvgIpc) is 2.33. The van der Waals surface area contributed by atoms with E-state index in [-0.39, 0.29) is 24.2 Å². The number of carbonyl (C=O) groups is 1. The second kappa shape index (κ2) is 10.6. The second-order valence-corrected chi connectivity index (χ2v) is 4.92. The van der Waals surface area contributed by atoms with E-state index in [1.807, 2.05) is 0 Å². The summed E-state index contributed by atoms with van der Waals surface area (Å²) in [6.45, 7) is 4.73. The van der Waals surface area contributed by atoms with E-state index in [4.69, 9.17) is 4.74 Å². The highest BCUT2D eigenvalue weighted by molar-refractivity contribution is 5.85. The molecule has 0 bridgehead atoms. The van der Waals surface area contributed by atoms with E-state index in [0.717, 1.165) is 51.8 Å². The maximum Gasteiger partial charge on any atom is 0.223 e. The Hall–Kier alpha value is -0.320. The summed E-state index contributed by atoms with van der Waals surface area (Å²) in [5.74, 6) is 0.454. The zero-order chi connectivity index (χ0) is 12.5. The van der Waals surface area contributed by atoms with Crippen molar-refractivity contribution in [3.63, 3.8) is 0 Å². The fraction of sp³-hybridized carbons (Fsp3) is 0.923. The number of ether oxygens (including phenoxy) is 1. The number of rotatable bonds is 7. The van der Waals surface area contributed by atoms with Gasteiger partial charge in [0.1, 0.15) is 0 Å². The van der Waals surface area contributed by atoms with E-state index >= 15 is 0 Å². The van der Waals surface area contributed by atoms with Crippen molar-refractivity contribution in [2.75, 3.05) is 26.8 Å². The predicted octanol–water partition coefficient (Wildman–Crippen LogP) is 1.73. The molecule has 0 aromatic carbocycles.